The summed E-state index contributed by atoms with van der Waals surface area (Å²) < 4.78 is 40.2. The largest absolute Gasteiger partial charge is 0.416 e. The molecule has 0 spiro atoms. The maximum absolute atomic E-state index is 13.4. The van der Waals surface area contributed by atoms with Gasteiger partial charge in [0.2, 0.25) is 11.8 Å². The fourth-order valence-corrected chi connectivity index (χ4v) is 3.62. The lowest BCUT2D eigenvalue weighted by molar-refractivity contribution is -0.137. The fraction of sp³-hybridized carbons (Fsp3) is 0.286. The molecule has 1 aliphatic rings. The van der Waals surface area contributed by atoms with Crippen LogP contribution >= 0.6 is 11.6 Å². The van der Waals surface area contributed by atoms with E-state index in [1.54, 1.807) is 12.1 Å². The van der Waals surface area contributed by atoms with Crippen LogP contribution in [-0.4, -0.2) is 42.1 Å². The van der Waals surface area contributed by atoms with Gasteiger partial charge in [-0.05, 0) is 35.7 Å². The number of rotatable bonds is 4. The van der Waals surface area contributed by atoms with Crippen molar-refractivity contribution in [2.45, 2.75) is 18.6 Å². The van der Waals surface area contributed by atoms with Crippen molar-refractivity contribution in [3.8, 4) is 0 Å². The molecule has 0 aromatic heterocycles. The molecule has 1 aliphatic heterocycles. The summed E-state index contributed by atoms with van der Waals surface area (Å²) in [4.78, 5) is 38.7. The Hall–Kier alpha value is -3.07. The second kappa shape index (κ2) is 8.97. The summed E-state index contributed by atoms with van der Waals surface area (Å²) in [5, 5.41) is 4.75. The monoisotopic (exact) mass is 453 g/mol. The number of hydrogen-bond donors (Lipinski definition) is 2. The Balaban J connectivity index is 2.05. The van der Waals surface area contributed by atoms with Crippen LogP contribution in [0.5, 0.6) is 0 Å². The number of amides is 3. The highest BCUT2D eigenvalue weighted by Gasteiger charge is 2.37. The summed E-state index contributed by atoms with van der Waals surface area (Å²) in [6, 6.07) is 8.69. The molecule has 0 saturated carbocycles. The van der Waals surface area contributed by atoms with Crippen molar-refractivity contribution in [2.75, 3.05) is 24.8 Å². The number of hydrogen-bond acceptors (Lipinski definition) is 3. The smallest absolute Gasteiger partial charge is 0.357 e. The summed E-state index contributed by atoms with van der Waals surface area (Å²) in [7, 11) is 1.42. The third-order valence-electron chi connectivity index (χ3n) is 4.95. The molecule has 2 N–H and O–H groups in total. The minimum absolute atomic E-state index is 0.146. The molecule has 0 aliphatic carbocycles. The topological polar surface area (TPSA) is 78.5 Å². The van der Waals surface area contributed by atoms with E-state index in [-0.39, 0.29) is 17.8 Å². The molecule has 3 rings (SSSR count). The van der Waals surface area contributed by atoms with Gasteiger partial charge in [-0.15, -0.1) is 11.6 Å². The number of nitrogens with one attached hydrogen (secondary N) is 2. The maximum Gasteiger partial charge on any atom is 0.416 e. The first kappa shape index (κ1) is 22.6. The molecular weight excluding hydrogens is 435 g/mol. The van der Waals surface area contributed by atoms with Crippen molar-refractivity contribution in [1.82, 2.24) is 10.2 Å². The van der Waals surface area contributed by atoms with Crippen molar-refractivity contribution < 1.29 is 27.6 Å². The van der Waals surface area contributed by atoms with Crippen LogP contribution in [0.3, 0.4) is 0 Å². The molecule has 0 radical (unpaired) electrons. The molecule has 6 nitrogen and oxygen atoms in total. The SMILES string of the molecule is CNC(=O)C1c2ccccc2CCN1C(=O)c1cc(NC(=O)CCl)cc(C(F)(F)F)c1. The molecule has 2 aromatic carbocycles. The number of alkyl halides is 4. The molecule has 10 heteroatoms. The molecule has 0 bridgehead atoms. The summed E-state index contributed by atoms with van der Waals surface area (Å²) >= 11 is 5.42. The molecule has 1 heterocycles. The molecule has 1 atom stereocenters. The van der Waals surface area contributed by atoms with E-state index in [4.69, 9.17) is 11.6 Å². The number of anilines is 1. The highest BCUT2D eigenvalue weighted by atomic mass is 35.5. The first-order valence-corrected chi connectivity index (χ1v) is 9.87. The average Bonchev–Trinajstić information content (AvgIpc) is 2.76. The number of nitrogens with zero attached hydrogens (tertiary/aromatic N) is 1. The predicted octanol–water partition coefficient (Wildman–Crippen LogP) is 3.37. The van der Waals surface area contributed by atoms with Crippen LogP contribution < -0.4 is 10.6 Å². The van der Waals surface area contributed by atoms with E-state index < -0.39 is 41.4 Å². The Morgan fingerprint density at radius 3 is 2.52 bits per heavy atom. The molecule has 3 amide bonds. The van der Waals surface area contributed by atoms with Crippen LogP contribution in [0.25, 0.3) is 0 Å². The molecular formula is C21H19ClF3N3O3. The molecule has 31 heavy (non-hydrogen) atoms. The third kappa shape index (κ3) is 4.82. The standard InChI is InChI=1S/C21H19ClF3N3O3/c1-26-19(30)18-16-5-3-2-4-12(16)6-7-28(18)20(31)13-8-14(21(23,24)25)10-15(9-13)27-17(29)11-22/h2-5,8-10,18H,6-7,11H2,1H3,(H,26,30)(H,27,29). The van der Waals surface area contributed by atoms with Crippen molar-refractivity contribution >= 4 is 35.0 Å². The van der Waals surface area contributed by atoms with Gasteiger partial charge in [0.15, 0.2) is 0 Å². The lowest BCUT2D eigenvalue weighted by atomic mass is 9.91. The summed E-state index contributed by atoms with van der Waals surface area (Å²) in [6.45, 7) is 0.146. The van der Waals surface area contributed by atoms with Crippen LogP contribution in [0.4, 0.5) is 18.9 Å². The molecule has 0 saturated heterocycles. The Morgan fingerprint density at radius 2 is 1.87 bits per heavy atom. The molecule has 1 unspecified atom stereocenters. The number of halogens is 4. The van der Waals surface area contributed by atoms with Crippen molar-refractivity contribution in [2.24, 2.45) is 0 Å². The number of benzene rings is 2. The fourth-order valence-electron chi connectivity index (χ4n) is 3.55. The van der Waals surface area contributed by atoms with E-state index in [9.17, 15) is 27.6 Å². The highest BCUT2D eigenvalue weighted by Crippen LogP contribution is 2.35. The van der Waals surface area contributed by atoms with E-state index in [2.05, 4.69) is 10.6 Å². The van der Waals surface area contributed by atoms with E-state index in [1.807, 2.05) is 12.1 Å². The van der Waals surface area contributed by atoms with Crippen molar-refractivity contribution in [1.29, 1.82) is 0 Å². The zero-order chi connectivity index (χ0) is 22.8. The summed E-state index contributed by atoms with van der Waals surface area (Å²) in [6.07, 6.45) is -4.30. The number of carbonyl (C=O) groups is 3. The lowest BCUT2D eigenvalue weighted by Gasteiger charge is -2.36. The Kier molecular flexibility index (Phi) is 6.54. The van der Waals surface area contributed by atoms with E-state index in [0.717, 1.165) is 17.7 Å². The van der Waals surface area contributed by atoms with Crippen LogP contribution in [0, 0.1) is 0 Å². The zero-order valence-corrected chi connectivity index (χ0v) is 17.2. The van der Waals surface area contributed by atoms with Gasteiger partial charge in [0.1, 0.15) is 11.9 Å². The van der Waals surface area contributed by atoms with Crippen LogP contribution in [0.15, 0.2) is 42.5 Å². The minimum Gasteiger partial charge on any atom is -0.357 e. The lowest BCUT2D eigenvalue weighted by Crippen LogP contribution is -2.46. The van der Waals surface area contributed by atoms with Crippen LogP contribution in [-0.2, 0) is 22.2 Å². The van der Waals surface area contributed by atoms with Gasteiger partial charge in [-0.2, -0.15) is 13.2 Å². The quantitative estimate of drug-likeness (QED) is 0.697. The van der Waals surface area contributed by atoms with Gasteiger partial charge >= 0.3 is 6.18 Å². The number of fused-ring (bicyclic) bond motifs is 1. The Morgan fingerprint density at radius 1 is 1.16 bits per heavy atom. The van der Waals surface area contributed by atoms with Gasteiger partial charge in [-0.1, -0.05) is 24.3 Å². The van der Waals surface area contributed by atoms with Crippen LogP contribution in [0.1, 0.15) is 33.1 Å². The van der Waals surface area contributed by atoms with E-state index in [0.29, 0.717) is 18.1 Å². The second-order valence-electron chi connectivity index (χ2n) is 6.94. The van der Waals surface area contributed by atoms with Gasteiger partial charge in [0.25, 0.3) is 5.91 Å². The molecule has 164 valence electrons. The van der Waals surface area contributed by atoms with Gasteiger partial charge in [-0.3, -0.25) is 14.4 Å². The van der Waals surface area contributed by atoms with E-state index >= 15 is 0 Å². The van der Waals surface area contributed by atoms with E-state index in [1.165, 1.54) is 11.9 Å². The first-order chi connectivity index (χ1) is 14.7. The summed E-state index contributed by atoms with van der Waals surface area (Å²) in [5.74, 6) is -2.38. The highest BCUT2D eigenvalue weighted by molar-refractivity contribution is 6.29. The normalized spacial score (nSPS) is 15.8. The maximum atomic E-state index is 13.4. The third-order valence-corrected chi connectivity index (χ3v) is 5.19. The van der Waals surface area contributed by atoms with Gasteiger partial charge < -0.3 is 15.5 Å². The van der Waals surface area contributed by atoms with Gasteiger partial charge in [-0.25, -0.2) is 0 Å². The van der Waals surface area contributed by atoms with Crippen molar-refractivity contribution in [3.63, 3.8) is 0 Å². The molecule has 0 fully saturated rings. The second-order valence-corrected chi connectivity index (χ2v) is 7.21. The number of likely N-dealkylation sites (N-methyl/N-ethyl adjacent to an activating group) is 1. The van der Waals surface area contributed by atoms with Crippen molar-refractivity contribution in [3.05, 3.63) is 64.7 Å². The van der Waals surface area contributed by atoms with Gasteiger partial charge in [0.05, 0.1) is 5.56 Å². The Bertz CT molecular complexity index is 1030. The average molecular weight is 454 g/mol. The zero-order valence-electron chi connectivity index (χ0n) is 16.4. The predicted molar refractivity (Wildman–Crippen MR) is 109 cm³/mol. The number of carbonyl (C=O) groups excluding carboxylic acids is 3. The Labute approximate surface area is 181 Å². The summed E-state index contributed by atoms with van der Waals surface area (Å²) in [5.41, 5.74) is -0.105. The van der Waals surface area contributed by atoms with Gasteiger partial charge in [0, 0.05) is 24.8 Å². The minimum atomic E-state index is -4.74. The molecule has 2 aromatic rings. The first-order valence-electron chi connectivity index (χ1n) is 9.34. The van der Waals surface area contributed by atoms with Crippen LogP contribution in [0.2, 0.25) is 0 Å².